The van der Waals surface area contributed by atoms with Crippen LogP contribution in [0.1, 0.15) is 64.5 Å². The minimum Gasteiger partial charge on any atom is -0.444 e. The van der Waals surface area contributed by atoms with E-state index in [4.69, 9.17) is 16.0 Å². The van der Waals surface area contributed by atoms with Crippen LogP contribution in [-0.2, 0) is 19.1 Å². The number of pyridine rings is 1. The molecule has 1 saturated heterocycles. The van der Waals surface area contributed by atoms with Crippen LogP contribution in [0.25, 0.3) is 4.85 Å². The number of alkyl halides is 2. The number of nitrogens with one attached hydrogen (secondary N) is 1. The number of hydrogen-bond acceptors (Lipinski definition) is 6. The van der Waals surface area contributed by atoms with E-state index in [0.717, 1.165) is 11.1 Å². The molecule has 3 atom stereocenters. The number of carbonyl (C=O) groups is 3. The standard InChI is InChI=1S/C31H36F7N5O5S/c1-30(2,3)48-29(46)42-18-21(47-5)16-25(42)28(45)43(20-6-8-22(9-7-20)49(34,35,36,37)38)26(23-17-40-15-12-24(23)39-4)27(44)41-19-10-13-31(32,33)14-11-19/h6-9,12,15,17,19,21,25-26H,10-11,13-14,16,18H2,1-3,5H3,(H,41,44)/t21-,25-,26?/m1/s1. The Hall–Kier alpha value is -4.11. The Kier molecular flexibility index (Phi) is 9.73. The number of carbonyl (C=O) groups excluding carboxylic acids is 3. The van der Waals surface area contributed by atoms with Crippen molar-refractivity contribution in [1.82, 2.24) is 15.2 Å². The molecule has 10 nitrogen and oxygen atoms in total. The number of ether oxygens (including phenoxy) is 2. The number of hydrogen-bond donors (Lipinski definition) is 1. The molecule has 3 amide bonds. The van der Waals surface area contributed by atoms with Gasteiger partial charge in [-0.15, -0.1) is 0 Å². The second-order valence-electron chi connectivity index (χ2n) is 13.0. The number of amides is 3. The molecule has 2 heterocycles. The van der Waals surface area contributed by atoms with Gasteiger partial charge in [0.25, 0.3) is 5.91 Å². The smallest absolute Gasteiger partial charge is 0.411 e. The molecule has 2 fully saturated rings. The predicted octanol–water partition coefficient (Wildman–Crippen LogP) is 8.08. The van der Waals surface area contributed by atoms with Gasteiger partial charge in [-0.3, -0.25) is 24.4 Å². The summed E-state index contributed by atoms with van der Waals surface area (Å²) < 4.78 is 107. The molecule has 4 rings (SSSR count). The predicted molar refractivity (Wildman–Crippen MR) is 166 cm³/mol. The molecule has 0 bridgehead atoms. The molecule has 270 valence electrons. The zero-order valence-electron chi connectivity index (χ0n) is 27.0. The van der Waals surface area contributed by atoms with Crippen molar-refractivity contribution in [2.24, 2.45) is 0 Å². The summed E-state index contributed by atoms with van der Waals surface area (Å²) in [5, 5.41) is 2.61. The van der Waals surface area contributed by atoms with E-state index in [1.807, 2.05) is 0 Å². The molecule has 1 aromatic carbocycles. The first-order chi connectivity index (χ1) is 22.4. The Labute approximate surface area is 278 Å². The zero-order chi connectivity index (χ0) is 36.6. The number of likely N-dealkylation sites (tertiary alicyclic amines) is 1. The Morgan fingerprint density at radius 3 is 2.22 bits per heavy atom. The number of methoxy groups -OCH3 is 1. The van der Waals surface area contributed by atoms with Crippen molar-refractivity contribution >= 4 is 39.5 Å². The van der Waals surface area contributed by atoms with Gasteiger partial charge in [0.2, 0.25) is 11.8 Å². The largest absolute Gasteiger partial charge is 0.444 e. The van der Waals surface area contributed by atoms with Gasteiger partial charge in [-0.25, -0.2) is 18.4 Å². The summed E-state index contributed by atoms with van der Waals surface area (Å²) in [4.78, 5) is 49.0. The summed E-state index contributed by atoms with van der Waals surface area (Å²) in [7, 11) is -8.86. The molecule has 2 aromatic rings. The van der Waals surface area contributed by atoms with Crippen LogP contribution in [0.15, 0.2) is 47.6 Å². The SMILES string of the molecule is [C-]#[N+]c1ccncc1C(C(=O)NC1CCC(F)(F)CC1)N(C(=O)[C@H]1C[C@@H](OC)CN1C(=O)OC(C)(C)C)c1ccc(S(F)(F)(F)(F)F)cc1. The van der Waals surface area contributed by atoms with Crippen molar-refractivity contribution in [2.75, 3.05) is 18.6 Å². The van der Waals surface area contributed by atoms with Crippen molar-refractivity contribution in [3.05, 3.63) is 59.7 Å². The molecule has 0 radical (unpaired) electrons. The van der Waals surface area contributed by atoms with E-state index < -0.39 is 87.3 Å². The van der Waals surface area contributed by atoms with Crippen molar-refractivity contribution in [3.8, 4) is 0 Å². The first kappa shape index (κ1) is 37.7. The van der Waals surface area contributed by atoms with Gasteiger partial charge in [-0.05, 0) is 63.9 Å². The maximum Gasteiger partial charge on any atom is 0.411 e. The molecule has 1 saturated carbocycles. The first-order valence-corrected chi connectivity index (χ1v) is 17.1. The molecule has 1 unspecified atom stereocenters. The third-order valence-electron chi connectivity index (χ3n) is 8.12. The molecular weight excluding hydrogens is 687 g/mol. The molecule has 1 N–H and O–H groups in total. The quantitative estimate of drug-likeness (QED) is 0.218. The van der Waals surface area contributed by atoms with Crippen LogP contribution in [0, 0.1) is 6.57 Å². The first-order valence-electron chi connectivity index (χ1n) is 15.1. The summed E-state index contributed by atoms with van der Waals surface area (Å²) in [6, 6.07) is -1.67. The number of nitrogens with zero attached hydrogens (tertiary/aromatic N) is 4. The molecule has 49 heavy (non-hydrogen) atoms. The summed E-state index contributed by atoms with van der Waals surface area (Å²) >= 11 is 0. The minimum atomic E-state index is -10.2. The summed E-state index contributed by atoms with van der Waals surface area (Å²) in [5.41, 5.74) is -1.89. The highest BCUT2D eigenvalue weighted by molar-refractivity contribution is 8.45. The second kappa shape index (κ2) is 12.7. The maximum atomic E-state index is 14.7. The Bertz CT molecular complexity index is 1620. The van der Waals surface area contributed by atoms with Gasteiger partial charge in [-0.2, -0.15) is 0 Å². The van der Waals surface area contributed by atoms with Crippen LogP contribution >= 0.6 is 10.2 Å². The van der Waals surface area contributed by atoms with Crippen molar-refractivity contribution in [3.63, 3.8) is 0 Å². The highest BCUT2D eigenvalue weighted by Gasteiger charge is 2.65. The average Bonchev–Trinajstić information content (AvgIpc) is 3.44. The Morgan fingerprint density at radius 2 is 1.69 bits per heavy atom. The van der Waals surface area contributed by atoms with Gasteiger partial charge in [0, 0.05) is 56.1 Å². The second-order valence-corrected chi connectivity index (χ2v) is 15.4. The van der Waals surface area contributed by atoms with E-state index in [2.05, 4.69) is 15.1 Å². The topological polar surface area (TPSA) is 105 Å². The van der Waals surface area contributed by atoms with Gasteiger partial charge in [0.05, 0.1) is 19.2 Å². The lowest BCUT2D eigenvalue weighted by Gasteiger charge is -2.41. The third-order valence-corrected chi connectivity index (χ3v) is 9.28. The van der Waals surface area contributed by atoms with Crippen molar-refractivity contribution < 1.29 is 52.1 Å². The number of halogens is 7. The molecule has 18 heteroatoms. The Balaban J connectivity index is 1.89. The highest BCUT2D eigenvalue weighted by atomic mass is 32.5. The fraction of sp³-hybridized carbons (Fsp3) is 0.516. The third kappa shape index (κ3) is 9.12. The number of aromatic nitrogens is 1. The van der Waals surface area contributed by atoms with E-state index in [1.54, 1.807) is 20.8 Å². The summed E-state index contributed by atoms with van der Waals surface area (Å²) in [6.45, 7) is 12.3. The summed E-state index contributed by atoms with van der Waals surface area (Å²) in [6.07, 6.45) is -0.941. The monoisotopic (exact) mass is 723 g/mol. The van der Waals surface area contributed by atoms with E-state index >= 15 is 0 Å². The van der Waals surface area contributed by atoms with Crippen LogP contribution < -0.4 is 10.2 Å². The van der Waals surface area contributed by atoms with Gasteiger partial charge in [-0.1, -0.05) is 19.4 Å². The van der Waals surface area contributed by atoms with Crippen molar-refractivity contribution in [1.29, 1.82) is 0 Å². The summed E-state index contributed by atoms with van der Waals surface area (Å²) in [5.74, 6) is -5.02. The minimum absolute atomic E-state index is 0.0621. The van der Waals surface area contributed by atoms with Gasteiger partial charge < -0.3 is 14.8 Å². The lowest BCUT2D eigenvalue weighted by atomic mass is 9.91. The van der Waals surface area contributed by atoms with Crippen LogP contribution in [0.2, 0.25) is 0 Å². The van der Waals surface area contributed by atoms with E-state index in [9.17, 15) is 42.6 Å². The van der Waals surface area contributed by atoms with Gasteiger partial charge in [0.1, 0.15) is 22.6 Å². The van der Waals surface area contributed by atoms with Gasteiger partial charge in [0.15, 0.2) is 5.69 Å². The van der Waals surface area contributed by atoms with E-state index in [1.165, 1.54) is 19.4 Å². The lowest BCUT2D eigenvalue weighted by molar-refractivity contribution is -0.129. The van der Waals surface area contributed by atoms with Crippen LogP contribution in [-0.4, -0.2) is 71.2 Å². The molecular formula is C31H36F7N5O5S. The molecule has 0 spiro atoms. The fourth-order valence-corrected chi connectivity index (χ4v) is 6.38. The number of rotatable bonds is 8. The maximum absolute atomic E-state index is 14.7. The Morgan fingerprint density at radius 1 is 1.08 bits per heavy atom. The van der Waals surface area contributed by atoms with E-state index in [0.29, 0.717) is 17.0 Å². The highest BCUT2D eigenvalue weighted by Crippen LogP contribution is 3.02. The van der Waals surface area contributed by atoms with Crippen LogP contribution in [0.3, 0.4) is 0 Å². The van der Waals surface area contributed by atoms with Crippen LogP contribution in [0.5, 0.6) is 0 Å². The lowest BCUT2D eigenvalue weighted by Crippen LogP contribution is -2.54. The molecule has 2 aliphatic rings. The van der Waals surface area contributed by atoms with E-state index in [-0.39, 0.29) is 49.2 Å². The van der Waals surface area contributed by atoms with Crippen molar-refractivity contribution in [2.45, 2.75) is 93.5 Å². The number of anilines is 1. The fourth-order valence-electron chi connectivity index (χ4n) is 5.73. The molecule has 1 aliphatic carbocycles. The zero-order valence-corrected chi connectivity index (χ0v) is 27.8. The normalized spacial score (nSPS) is 21.9. The molecule has 1 aliphatic heterocycles. The van der Waals surface area contributed by atoms with Crippen LogP contribution in [0.4, 0.5) is 44.4 Å². The number of benzene rings is 1. The average molecular weight is 724 g/mol. The van der Waals surface area contributed by atoms with Gasteiger partial charge >= 0.3 is 16.3 Å². The molecule has 1 aromatic heterocycles.